The van der Waals surface area contributed by atoms with E-state index in [1.54, 1.807) is 0 Å². The molecule has 2 fully saturated rings. The molecule has 4 atom stereocenters. The summed E-state index contributed by atoms with van der Waals surface area (Å²) in [5.74, 6) is 1.96. The Morgan fingerprint density at radius 3 is 2.56 bits per heavy atom. The third-order valence-electron chi connectivity index (χ3n) is 4.92. The molecule has 1 aromatic rings. The van der Waals surface area contributed by atoms with E-state index in [0.717, 1.165) is 17.9 Å². The second-order valence-corrected chi connectivity index (χ2v) is 6.12. The van der Waals surface area contributed by atoms with Gasteiger partial charge >= 0.3 is 0 Å². The molecule has 3 rings (SSSR count). The number of nitrogens with two attached hydrogens (primary N) is 1. The first-order valence-corrected chi connectivity index (χ1v) is 7.31. The predicted octanol–water partition coefficient (Wildman–Crippen LogP) is 2.98. The first-order valence-electron chi connectivity index (χ1n) is 7.31. The number of hydrogen-bond acceptors (Lipinski definition) is 2. The van der Waals surface area contributed by atoms with Gasteiger partial charge in [0.25, 0.3) is 0 Å². The topological polar surface area (TPSA) is 38.0 Å². The summed E-state index contributed by atoms with van der Waals surface area (Å²) in [5, 5.41) is 3.83. The van der Waals surface area contributed by atoms with Gasteiger partial charge in [-0.3, -0.25) is 0 Å². The fourth-order valence-corrected chi connectivity index (χ4v) is 3.81. The molecule has 2 saturated carbocycles. The standard InChI is InChI=1S/C16H24N2/c1-11(14-5-2-12(10-17)3-6-14)18-16-9-13-4-7-15(16)8-13/h2-3,5-6,11,13,15-16,18H,4,7-10,17H2,1H3. The quantitative estimate of drug-likeness (QED) is 0.854. The van der Waals surface area contributed by atoms with Crippen LogP contribution in [0.1, 0.15) is 49.8 Å². The molecule has 0 radical (unpaired) electrons. The van der Waals surface area contributed by atoms with Crippen molar-refractivity contribution in [2.75, 3.05) is 0 Å². The minimum Gasteiger partial charge on any atom is -0.326 e. The maximum absolute atomic E-state index is 5.63. The molecule has 2 aliphatic rings. The second kappa shape index (κ2) is 5.02. The van der Waals surface area contributed by atoms with E-state index in [2.05, 4.69) is 36.5 Å². The normalized spacial score (nSPS) is 31.8. The number of fused-ring (bicyclic) bond motifs is 2. The van der Waals surface area contributed by atoms with E-state index in [0.29, 0.717) is 12.6 Å². The van der Waals surface area contributed by atoms with Crippen molar-refractivity contribution >= 4 is 0 Å². The van der Waals surface area contributed by atoms with E-state index in [4.69, 9.17) is 5.73 Å². The van der Waals surface area contributed by atoms with Crippen LogP contribution in [-0.2, 0) is 6.54 Å². The van der Waals surface area contributed by atoms with E-state index in [1.165, 1.54) is 36.8 Å². The van der Waals surface area contributed by atoms with Gasteiger partial charge in [0.2, 0.25) is 0 Å². The van der Waals surface area contributed by atoms with E-state index < -0.39 is 0 Å². The fourth-order valence-electron chi connectivity index (χ4n) is 3.81. The lowest BCUT2D eigenvalue weighted by Gasteiger charge is -2.27. The van der Waals surface area contributed by atoms with Gasteiger partial charge in [-0.05, 0) is 49.1 Å². The summed E-state index contributed by atoms with van der Waals surface area (Å²) in [7, 11) is 0. The molecule has 98 valence electrons. The summed E-state index contributed by atoms with van der Waals surface area (Å²) < 4.78 is 0. The Morgan fingerprint density at radius 1 is 1.22 bits per heavy atom. The summed E-state index contributed by atoms with van der Waals surface area (Å²) in [6, 6.07) is 9.94. The van der Waals surface area contributed by atoms with Gasteiger partial charge in [0, 0.05) is 18.6 Å². The van der Waals surface area contributed by atoms with Crippen molar-refractivity contribution in [3.05, 3.63) is 35.4 Å². The average molecular weight is 244 g/mol. The van der Waals surface area contributed by atoms with Crippen molar-refractivity contribution in [2.24, 2.45) is 17.6 Å². The molecule has 0 aromatic heterocycles. The molecule has 0 saturated heterocycles. The molecule has 2 aliphatic carbocycles. The minimum absolute atomic E-state index is 0.459. The molecule has 4 unspecified atom stereocenters. The molecule has 0 aliphatic heterocycles. The zero-order valence-electron chi connectivity index (χ0n) is 11.2. The Labute approximate surface area is 110 Å². The summed E-state index contributed by atoms with van der Waals surface area (Å²) in [6.45, 7) is 2.91. The van der Waals surface area contributed by atoms with Gasteiger partial charge in [0.05, 0.1) is 0 Å². The summed E-state index contributed by atoms with van der Waals surface area (Å²) >= 11 is 0. The average Bonchev–Trinajstić information content (AvgIpc) is 3.01. The van der Waals surface area contributed by atoms with Gasteiger partial charge in [0.15, 0.2) is 0 Å². The summed E-state index contributed by atoms with van der Waals surface area (Å²) in [6.07, 6.45) is 5.79. The summed E-state index contributed by atoms with van der Waals surface area (Å²) in [4.78, 5) is 0. The molecule has 2 bridgehead atoms. The van der Waals surface area contributed by atoms with Crippen LogP contribution in [-0.4, -0.2) is 6.04 Å². The smallest absolute Gasteiger partial charge is 0.0294 e. The number of rotatable bonds is 4. The van der Waals surface area contributed by atoms with Crippen LogP contribution in [0.5, 0.6) is 0 Å². The highest BCUT2D eigenvalue weighted by Crippen LogP contribution is 2.45. The van der Waals surface area contributed by atoms with E-state index >= 15 is 0 Å². The lowest BCUT2D eigenvalue weighted by atomic mass is 9.94. The molecule has 0 spiro atoms. The zero-order chi connectivity index (χ0) is 12.5. The van der Waals surface area contributed by atoms with Crippen LogP contribution in [0.3, 0.4) is 0 Å². The van der Waals surface area contributed by atoms with Gasteiger partial charge in [-0.15, -0.1) is 0 Å². The van der Waals surface area contributed by atoms with Gasteiger partial charge < -0.3 is 11.1 Å². The maximum Gasteiger partial charge on any atom is 0.0294 e. The molecular weight excluding hydrogens is 220 g/mol. The van der Waals surface area contributed by atoms with Gasteiger partial charge in [-0.2, -0.15) is 0 Å². The van der Waals surface area contributed by atoms with Crippen LogP contribution in [0.25, 0.3) is 0 Å². The Balaban J connectivity index is 1.62. The van der Waals surface area contributed by atoms with Crippen molar-refractivity contribution in [1.82, 2.24) is 5.32 Å². The number of benzene rings is 1. The summed E-state index contributed by atoms with van der Waals surface area (Å²) in [5.41, 5.74) is 8.23. The Morgan fingerprint density at radius 2 is 2.00 bits per heavy atom. The number of nitrogens with one attached hydrogen (secondary N) is 1. The van der Waals surface area contributed by atoms with Crippen LogP contribution in [0.2, 0.25) is 0 Å². The van der Waals surface area contributed by atoms with Crippen molar-refractivity contribution in [1.29, 1.82) is 0 Å². The first kappa shape index (κ1) is 12.2. The van der Waals surface area contributed by atoms with Crippen molar-refractivity contribution in [3.63, 3.8) is 0 Å². The van der Waals surface area contributed by atoms with Crippen molar-refractivity contribution in [2.45, 2.75) is 51.2 Å². The minimum atomic E-state index is 0.459. The highest BCUT2D eigenvalue weighted by Gasteiger charge is 2.39. The van der Waals surface area contributed by atoms with E-state index in [-0.39, 0.29) is 0 Å². The van der Waals surface area contributed by atoms with Crippen molar-refractivity contribution < 1.29 is 0 Å². The molecule has 0 amide bonds. The molecule has 1 aromatic carbocycles. The molecule has 2 heteroatoms. The SMILES string of the molecule is CC(NC1CC2CCC1C2)c1ccc(CN)cc1. The highest BCUT2D eigenvalue weighted by molar-refractivity contribution is 5.24. The van der Waals surface area contributed by atoms with Crippen LogP contribution in [0.4, 0.5) is 0 Å². The van der Waals surface area contributed by atoms with Crippen LogP contribution < -0.4 is 11.1 Å². The van der Waals surface area contributed by atoms with Crippen LogP contribution in [0, 0.1) is 11.8 Å². The molecule has 0 heterocycles. The first-order chi connectivity index (χ1) is 8.76. The molecule has 2 nitrogen and oxygen atoms in total. The Hall–Kier alpha value is -0.860. The van der Waals surface area contributed by atoms with Crippen LogP contribution >= 0.6 is 0 Å². The van der Waals surface area contributed by atoms with E-state index in [9.17, 15) is 0 Å². The lowest BCUT2D eigenvalue weighted by Crippen LogP contribution is -2.35. The molecular formula is C16H24N2. The van der Waals surface area contributed by atoms with Gasteiger partial charge in [0.1, 0.15) is 0 Å². The van der Waals surface area contributed by atoms with E-state index in [1.807, 2.05) is 0 Å². The number of hydrogen-bond donors (Lipinski definition) is 2. The largest absolute Gasteiger partial charge is 0.326 e. The lowest BCUT2D eigenvalue weighted by molar-refractivity contribution is 0.327. The monoisotopic (exact) mass is 244 g/mol. The Kier molecular flexibility index (Phi) is 3.40. The second-order valence-electron chi connectivity index (χ2n) is 6.12. The van der Waals surface area contributed by atoms with Gasteiger partial charge in [-0.25, -0.2) is 0 Å². The van der Waals surface area contributed by atoms with Gasteiger partial charge in [-0.1, -0.05) is 30.7 Å². The van der Waals surface area contributed by atoms with Crippen LogP contribution in [0.15, 0.2) is 24.3 Å². The Bertz CT molecular complexity index is 398. The maximum atomic E-state index is 5.63. The molecule has 3 N–H and O–H groups in total. The molecule has 18 heavy (non-hydrogen) atoms. The third kappa shape index (κ3) is 2.32. The fraction of sp³-hybridized carbons (Fsp3) is 0.625. The highest BCUT2D eigenvalue weighted by atomic mass is 15.0. The van der Waals surface area contributed by atoms with Crippen molar-refractivity contribution in [3.8, 4) is 0 Å². The zero-order valence-corrected chi connectivity index (χ0v) is 11.2. The predicted molar refractivity (Wildman–Crippen MR) is 75.1 cm³/mol. The third-order valence-corrected chi connectivity index (χ3v) is 4.92.